The number of carbonyl (C=O) groups is 2. The second kappa shape index (κ2) is 2.08. The van der Waals surface area contributed by atoms with E-state index in [1.54, 1.807) is 0 Å². The third kappa shape index (κ3) is 0.974. The Morgan fingerprint density at radius 3 is 2.00 bits per heavy atom. The Bertz CT molecular complexity index is 174. The molecule has 1 heterocycles. The van der Waals surface area contributed by atoms with Gasteiger partial charge in [-0.15, -0.1) is 0 Å². The summed E-state index contributed by atoms with van der Waals surface area (Å²) in [7, 11) is -0.149. The van der Waals surface area contributed by atoms with E-state index < -0.39 is 11.8 Å². The summed E-state index contributed by atoms with van der Waals surface area (Å²) in [5, 5.41) is 0. The molecule has 9 heavy (non-hydrogen) atoms. The lowest BCUT2D eigenvalue weighted by atomic mass is 9.97. The second-order valence-electron chi connectivity index (χ2n) is 1.48. The summed E-state index contributed by atoms with van der Waals surface area (Å²) >= 11 is 10.3. The van der Waals surface area contributed by atoms with Gasteiger partial charge in [0.25, 0.3) is 0 Å². The molecule has 1 saturated heterocycles. The van der Waals surface area contributed by atoms with Crippen LogP contribution in [0.2, 0.25) is 0 Å². The van der Waals surface area contributed by atoms with Gasteiger partial charge in [0.1, 0.15) is 0 Å². The smallest absolute Gasteiger partial charge is 0.283 e. The van der Waals surface area contributed by atoms with E-state index in [2.05, 4.69) is 0 Å². The highest BCUT2D eigenvalue weighted by Crippen LogP contribution is 2.12. The zero-order valence-corrected chi connectivity index (χ0v) is 5.69. The molecule has 0 radical (unpaired) electrons. The summed E-state index contributed by atoms with van der Waals surface area (Å²) in [5.41, 5.74) is 0. The first-order chi connectivity index (χ1) is 4.13. The van der Waals surface area contributed by atoms with Gasteiger partial charge in [-0.3, -0.25) is 9.12 Å². The van der Waals surface area contributed by atoms with Crippen molar-refractivity contribution in [3.05, 3.63) is 0 Å². The summed E-state index contributed by atoms with van der Waals surface area (Å²) in [4.78, 5) is 20.9. The van der Waals surface area contributed by atoms with Crippen molar-refractivity contribution in [3.63, 3.8) is 0 Å². The van der Waals surface area contributed by atoms with Crippen LogP contribution in [0.3, 0.4) is 0 Å². The number of hydrogen-bond donors (Lipinski definition) is 0. The van der Waals surface area contributed by atoms with Crippen molar-refractivity contribution in [2.45, 2.75) is 0 Å². The molecular formula is C2HBCl2N2O2. The second-order valence-corrected chi connectivity index (χ2v) is 2.22. The van der Waals surface area contributed by atoms with Crippen LogP contribution in [-0.2, 0) is 0 Å². The Labute approximate surface area is 61.8 Å². The van der Waals surface area contributed by atoms with Crippen LogP contribution in [0.25, 0.3) is 0 Å². The molecule has 0 atom stereocenters. The molecule has 0 aromatic carbocycles. The van der Waals surface area contributed by atoms with Crippen molar-refractivity contribution in [2.75, 3.05) is 0 Å². The highest BCUT2D eigenvalue weighted by Gasteiger charge is 2.35. The SMILES string of the molecule is O=C1BN(Cl)C(=O)N1Cl. The minimum Gasteiger partial charge on any atom is -0.283 e. The molecule has 1 aliphatic heterocycles. The Kier molecular flexibility index (Phi) is 1.55. The summed E-state index contributed by atoms with van der Waals surface area (Å²) in [6.07, 6.45) is 0. The predicted octanol–water partition coefficient (Wildman–Crippen LogP) is 0.503. The van der Waals surface area contributed by atoms with Crippen LogP contribution in [0.15, 0.2) is 0 Å². The standard InChI is InChI=1S/C2HBCl2N2O2/c4-6-1(8)3-7(5)2(6)9/h3H. The molecule has 0 aromatic rings. The molecule has 4 nitrogen and oxygen atoms in total. The van der Waals surface area contributed by atoms with Crippen LogP contribution >= 0.6 is 23.6 Å². The fourth-order valence-corrected chi connectivity index (χ4v) is 0.812. The molecule has 1 aliphatic rings. The maximum absolute atomic E-state index is 10.5. The van der Waals surface area contributed by atoms with Gasteiger partial charge in [0.2, 0.25) is 5.81 Å². The molecule has 1 fully saturated rings. The maximum atomic E-state index is 10.5. The van der Waals surface area contributed by atoms with Crippen molar-refractivity contribution in [1.82, 2.24) is 8.75 Å². The molecule has 7 heteroatoms. The van der Waals surface area contributed by atoms with Crippen LogP contribution in [0, 0.1) is 0 Å². The number of hydrogen-bond acceptors (Lipinski definition) is 2. The van der Waals surface area contributed by atoms with Crippen LogP contribution in [0.1, 0.15) is 0 Å². The molecule has 3 amide bonds. The molecule has 1 rings (SSSR count). The zero-order chi connectivity index (χ0) is 7.02. The predicted molar refractivity (Wildman–Crippen MR) is 33.3 cm³/mol. The van der Waals surface area contributed by atoms with E-state index in [4.69, 9.17) is 23.6 Å². The lowest BCUT2D eigenvalue weighted by Crippen LogP contribution is -2.19. The zero-order valence-electron chi connectivity index (χ0n) is 4.17. The number of amides is 3. The topological polar surface area (TPSA) is 40.6 Å². The van der Waals surface area contributed by atoms with E-state index in [0.29, 0.717) is 4.42 Å². The molecule has 0 unspecified atom stereocenters. The van der Waals surface area contributed by atoms with Gasteiger partial charge in [-0.1, -0.05) is 0 Å². The number of urea groups is 1. The molecule has 0 bridgehead atoms. The largest absolute Gasteiger partial charge is 0.369 e. The first-order valence-corrected chi connectivity index (χ1v) is 2.76. The Balaban J connectivity index is 2.77. The van der Waals surface area contributed by atoms with Crippen LogP contribution < -0.4 is 0 Å². The van der Waals surface area contributed by atoms with E-state index >= 15 is 0 Å². The van der Waals surface area contributed by atoms with Gasteiger partial charge in [-0.2, -0.15) is 4.42 Å². The summed E-state index contributed by atoms with van der Waals surface area (Å²) in [5.74, 6) is -0.503. The molecule has 0 aliphatic carbocycles. The molecule has 0 saturated carbocycles. The van der Waals surface area contributed by atoms with E-state index in [1.807, 2.05) is 0 Å². The summed E-state index contributed by atoms with van der Waals surface area (Å²) in [6, 6.07) is -0.691. The summed E-state index contributed by atoms with van der Waals surface area (Å²) in [6.45, 7) is 0. The number of halogens is 2. The van der Waals surface area contributed by atoms with Crippen LogP contribution in [-0.4, -0.2) is 28.0 Å². The van der Waals surface area contributed by atoms with Crippen molar-refractivity contribution in [2.24, 2.45) is 0 Å². The van der Waals surface area contributed by atoms with Gasteiger partial charge >= 0.3 is 13.4 Å². The molecule has 0 N–H and O–H groups in total. The van der Waals surface area contributed by atoms with Gasteiger partial charge in [0, 0.05) is 23.6 Å². The van der Waals surface area contributed by atoms with Gasteiger partial charge < -0.3 is 0 Å². The van der Waals surface area contributed by atoms with E-state index in [1.165, 1.54) is 0 Å². The quantitative estimate of drug-likeness (QED) is 0.389. The highest BCUT2D eigenvalue weighted by molar-refractivity contribution is 6.83. The first-order valence-electron chi connectivity index (χ1n) is 2.09. The third-order valence-electron chi connectivity index (χ3n) is 0.869. The van der Waals surface area contributed by atoms with Gasteiger partial charge in [0.05, 0.1) is 0 Å². The minimum atomic E-state index is -0.691. The van der Waals surface area contributed by atoms with Crippen molar-refractivity contribution < 1.29 is 9.59 Å². The minimum absolute atomic E-state index is 0.149. The first kappa shape index (κ1) is 6.70. The number of nitrogens with zero attached hydrogens (tertiary/aromatic N) is 2. The lowest BCUT2D eigenvalue weighted by molar-refractivity contribution is 0.222. The van der Waals surface area contributed by atoms with E-state index in [9.17, 15) is 9.59 Å². The van der Waals surface area contributed by atoms with Gasteiger partial charge in [-0.05, 0) is 0 Å². The van der Waals surface area contributed by atoms with Crippen molar-refractivity contribution in [3.8, 4) is 0 Å². The molecular weight excluding hydrogens is 166 g/mol. The highest BCUT2D eigenvalue weighted by atomic mass is 35.5. The normalized spacial score (nSPS) is 18.9. The lowest BCUT2D eigenvalue weighted by Gasteiger charge is -2.01. The maximum Gasteiger partial charge on any atom is 0.369 e. The van der Waals surface area contributed by atoms with E-state index in [0.717, 1.165) is 4.33 Å². The number of imide groups is 1. The van der Waals surface area contributed by atoms with Crippen LogP contribution in [0.5, 0.6) is 0 Å². The van der Waals surface area contributed by atoms with Gasteiger partial charge in [0.15, 0.2) is 0 Å². The third-order valence-corrected chi connectivity index (χ3v) is 1.47. The monoisotopic (exact) mass is 166 g/mol. The van der Waals surface area contributed by atoms with Crippen molar-refractivity contribution in [1.29, 1.82) is 0 Å². The Morgan fingerprint density at radius 1 is 1.33 bits per heavy atom. The van der Waals surface area contributed by atoms with E-state index in [-0.39, 0.29) is 7.41 Å². The van der Waals surface area contributed by atoms with Crippen molar-refractivity contribution >= 4 is 42.8 Å². The molecule has 0 spiro atoms. The number of carbonyl (C=O) groups excluding carboxylic acids is 2. The molecule has 48 valence electrons. The van der Waals surface area contributed by atoms with Crippen LogP contribution in [0.4, 0.5) is 9.59 Å². The fourth-order valence-electron chi connectivity index (χ4n) is 0.450. The average molecular weight is 167 g/mol. The summed E-state index contributed by atoms with van der Waals surface area (Å²) < 4.78 is 1.17. The number of rotatable bonds is 0. The average Bonchev–Trinajstić information content (AvgIpc) is 1.98. The molecule has 0 aromatic heterocycles. The van der Waals surface area contributed by atoms with Gasteiger partial charge in [-0.25, -0.2) is 4.79 Å². The Morgan fingerprint density at radius 2 is 1.89 bits per heavy atom. The fraction of sp³-hybridized carbons (Fsp3) is 0. The Hall–Kier alpha value is -0.415.